The number of piperazine rings is 1. The van der Waals surface area contributed by atoms with Crippen molar-refractivity contribution >= 4 is 23.0 Å². The molecule has 2 aliphatic rings. The first kappa shape index (κ1) is 25.9. The Balaban J connectivity index is 1.19. The van der Waals surface area contributed by atoms with Crippen LogP contribution in [0.15, 0.2) is 47.6 Å². The molecule has 7 nitrogen and oxygen atoms in total. The first-order valence-electron chi connectivity index (χ1n) is 12.2. The standard InChI is InChI=1S/C26H31F3N4O3/c1-18-2-7-21(8-3-18)32-12-14-33(15-13-32)25(34)17-36-22-9-4-19(5-10-22)30-20-6-11-24(31-35)23(16-20)26(27,28)29/h2-3,6-8,11,16,19,22,30H,4-5,9-10,12-15,17H2,1H3. The molecule has 1 amide bonds. The molecule has 0 bridgehead atoms. The van der Waals surface area contributed by atoms with E-state index in [0.717, 1.165) is 25.2 Å². The lowest BCUT2D eigenvalue weighted by molar-refractivity contribution is -0.139. The number of carbonyl (C=O) groups is 1. The van der Waals surface area contributed by atoms with Gasteiger partial charge in [-0.1, -0.05) is 17.7 Å². The van der Waals surface area contributed by atoms with Crippen molar-refractivity contribution in [2.24, 2.45) is 5.18 Å². The van der Waals surface area contributed by atoms with Gasteiger partial charge < -0.3 is 19.9 Å². The Kier molecular flexibility index (Phi) is 8.13. The van der Waals surface area contributed by atoms with Crippen LogP contribution in [-0.4, -0.2) is 55.7 Å². The van der Waals surface area contributed by atoms with Crippen LogP contribution in [0.1, 0.15) is 36.8 Å². The average molecular weight is 505 g/mol. The number of carbonyl (C=O) groups excluding carboxylic acids is 1. The summed E-state index contributed by atoms with van der Waals surface area (Å²) < 4.78 is 45.4. The number of hydrogen-bond donors (Lipinski definition) is 1. The highest BCUT2D eigenvalue weighted by atomic mass is 19.4. The van der Waals surface area contributed by atoms with Gasteiger partial charge in [0.25, 0.3) is 0 Å². The first-order valence-corrected chi connectivity index (χ1v) is 12.2. The summed E-state index contributed by atoms with van der Waals surface area (Å²) in [6, 6.07) is 11.8. The monoisotopic (exact) mass is 504 g/mol. The molecule has 2 aromatic rings. The van der Waals surface area contributed by atoms with E-state index in [1.165, 1.54) is 17.3 Å². The largest absolute Gasteiger partial charge is 0.418 e. The van der Waals surface area contributed by atoms with Crippen molar-refractivity contribution in [2.45, 2.75) is 50.9 Å². The molecule has 1 heterocycles. The number of benzene rings is 2. The summed E-state index contributed by atoms with van der Waals surface area (Å²) >= 11 is 0. The fraction of sp³-hybridized carbons (Fsp3) is 0.500. The number of hydrogen-bond acceptors (Lipinski definition) is 6. The maximum atomic E-state index is 13.2. The molecule has 2 aromatic carbocycles. The van der Waals surface area contributed by atoms with Gasteiger partial charge in [-0.3, -0.25) is 4.79 Å². The number of aryl methyl sites for hydroxylation is 1. The van der Waals surface area contributed by atoms with Crippen LogP contribution in [0.4, 0.5) is 30.2 Å². The first-order chi connectivity index (χ1) is 17.2. The van der Waals surface area contributed by atoms with E-state index in [1.807, 2.05) is 4.90 Å². The number of ether oxygens (including phenoxy) is 1. The maximum absolute atomic E-state index is 13.2. The van der Waals surface area contributed by atoms with Crippen LogP contribution >= 0.6 is 0 Å². The lowest BCUT2D eigenvalue weighted by atomic mass is 9.92. The third-order valence-corrected chi connectivity index (χ3v) is 6.92. The Labute approximate surface area is 208 Å². The fourth-order valence-electron chi connectivity index (χ4n) is 4.79. The van der Waals surface area contributed by atoms with Gasteiger partial charge in [0.2, 0.25) is 5.91 Å². The number of amides is 1. The average Bonchev–Trinajstić information content (AvgIpc) is 2.88. The van der Waals surface area contributed by atoms with Crippen molar-refractivity contribution in [2.75, 3.05) is 43.0 Å². The molecule has 10 heteroatoms. The minimum atomic E-state index is -4.65. The highest BCUT2D eigenvalue weighted by Gasteiger charge is 2.34. The third-order valence-electron chi connectivity index (χ3n) is 6.92. The molecular formula is C26H31F3N4O3. The number of halogens is 3. The van der Waals surface area contributed by atoms with Crippen molar-refractivity contribution in [1.29, 1.82) is 0 Å². The molecule has 0 radical (unpaired) electrons. The molecule has 1 aliphatic carbocycles. The van der Waals surface area contributed by atoms with Gasteiger partial charge in [-0.25, -0.2) is 0 Å². The Morgan fingerprint density at radius 2 is 1.69 bits per heavy atom. The second-order valence-electron chi connectivity index (χ2n) is 9.45. The summed E-state index contributed by atoms with van der Waals surface area (Å²) in [7, 11) is 0. The van der Waals surface area contributed by atoms with Gasteiger partial charge in [-0.2, -0.15) is 13.2 Å². The molecule has 2 fully saturated rings. The predicted molar refractivity (Wildman–Crippen MR) is 132 cm³/mol. The summed E-state index contributed by atoms with van der Waals surface area (Å²) in [6.45, 7) is 4.98. The summed E-state index contributed by atoms with van der Waals surface area (Å²) in [6.07, 6.45) is -1.84. The quantitative estimate of drug-likeness (QED) is 0.504. The molecule has 0 spiro atoms. The minimum Gasteiger partial charge on any atom is -0.382 e. The molecular weight excluding hydrogens is 473 g/mol. The van der Waals surface area contributed by atoms with E-state index in [4.69, 9.17) is 4.74 Å². The van der Waals surface area contributed by atoms with E-state index in [-0.39, 0.29) is 24.7 Å². The highest BCUT2D eigenvalue weighted by molar-refractivity contribution is 5.77. The van der Waals surface area contributed by atoms with Gasteiger partial charge in [-0.05, 0) is 68.1 Å². The zero-order valence-electron chi connectivity index (χ0n) is 20.3. The molecule has 4 rings (SSSR count). The predicted octanol–water partition coefficient (Wildman–Crippen LogP) is 5.50. The van der Waals surface area contributed by atoms with Gasteiger partial charge in [0.1, 0.15) is 12.3 Å². The van der Waals surface area contributed by atoms with Crippen LogP contribution in [0.3, 0.4) is 0 Å². The van der Waals surface area contributed by atoms with Gasteiger partial charge in [0, 0.05) is 43.6 Å². The summed E-state index contributed by atoms with van der Waals surface area (Å²) in [5.74, 6) is -0.0117. The lowest BCUT2D eigenvalue weighted by Gasteiger charge is -2.36. The summed E-state index contributed by atoms with van der Waals surface area (Å²) in [4.78, 5) is 27.5. The van der Waals surface area contributed by atoms with Crippen molar-refractivity contribution in [3.8, 4) is 0 Å². The molecule has 36 heavy (non-hydrogen) atoms. The zero-order valence-corrected chi connectivity index (χ0v) is 20.3. The molecule has 0 atom stereocenters. The Hall–Kier alpha value is -3.14. The van der Waals surface area contributed by atoms with Crippen molar-refractivity contribution in [3.63, 3.8) is 0 Å². The molecule has 1 aliphatic heterocycles. The number of nitroso groups, excluding NO2 is 1. The highest BCUT2D eigenvalue weighted by Crippen LogP contribution is 2.38. The van der Waals surface area contributed by atoms with Gasteiger partial charge in [-0.15, -0.1) is 4.91 Å². The van der Waals surface area contributed by atoms with Crippen molar-refractivity contribution in [1.82, 2.24) is 4.90 Å². The second kappa shape index (κ2) is 11.3. The lowest BCUT2D eigenvalue weighted by Crippen LogP contribution is -2.50. The Morgan fingerprint density at radius 1 is 1.03 bits per heavy atom. The Bertz CT molecular complexity index is 1050. The molecule has 0 unspecified atom stereocenters. The van der Waals surface area contributed by atoms with Gasteiger partial charge in [0.05, 0.1) is 11.7 Å². The number of rotatable bonds is 7. The number of nitrogens with one attached hydrogen (secondary N) is 1. The molecule has 194 valence electrons. The van der Waals surface area contributed by atoms with E-state index in [2.05, 4.69) is 46.6 Å². The van der Waals surface area contributed by atoms with E-state index in [9.17, 15) is 22.9 Å². The van der Waals surface area contributed by atoms with Crippen LogP contribution in [0, 0.1) is 11.8 Å². The van der Waals surface area contributed by atoms with Gasteiger partial charge >= 0.3 is 6.18 Å². The van der Waals surface area contributed by atoms with E-state index in [1.54, 1.807) is 0 Å². The molecule has 1 saturated carbocycles. The molecule has 1 saturated heterocycles. The third kappa shape index (κ3) is 6.54. The van der Waals surface area contributed by atoms with Gasteiger partial charge in [0.15, 0.2) is 0 Å². The van der Waals surface area contributed by atoms with E-state index < -0.39 is 17.4 Å². The van der Waals surface area contributed by atoms with Crippen LogP contribution in [0.5, 0.6) is 0 Å². The summed E-state index contributed by atoms with van der Waals surface area (Å²) in [5, 5.41) is 5.60. The van der Waals surface area contributed by atoms with Crippen LogP contribution in [0.25, 0.3) is 0 Å². The van der Waals surface area contributed by atoms with Crippen LogP contribution < -0.4 is 10.2 Å². The van der Waals surface area contributed by atoms with Crippen molar-refractivity contribution < 1.29 is 22.7 Å². The molecule has 1 N–H and O–H groups in total. The van der Waals surface area contributed by atoms with Crippen LogP contribution in [-0.2, 0) is 15.7 Å². The maximum Gasteiger partial charge on any atom is 0.418 e. The second-order valence-corrected chi connectivity index (χ2v) is 9.45. The number of alkyl halides is 3. The van der Waals surface area contributed by atoms with E-state index >= 15 is 0 Å². The number of nitrogens with zero attached hydrogens (tertiary/aromatic N) is 3. The summed E-state index contributed by atoms with van der Waals surface area (Å²) in [5.41, 5.74) is 1.03. The SMILES string of the molecule is Cc1ccc(N2CCN(C(=O)COC3CCC(Nc4ccc(N=O)c(C(F)(F)F)c4)CC3)CC2)cc1. The topological polar surface area (TPSA) is 74.2 Å². The molecule has 0 aromatic heterocycles. The van der Waals surface area contributed by atoms with Crippen LogP contribution in [0.2, 0.25) is 0 Å². The fourth-order valence-corrected chi connectivity index (χ4v) is 4.79. The van der Waals surface area contributed by atoms with Crippen molar-refractivity contribution in [3.05, 3.63) is 58.5 Å². The normalized spacial score (nSPS) is 20.8. The smallest absolute Gasteiger partial charge is 0.382 e. The number of anilines is 2. The zero-order chi connectivity index (χ0) is 25.7. The minimum absolute atomic E-state index is 0.00785. The Morgan fingerprint density at radius 3 is 2.31 bits per heavy atom. The van der Waals surface area contributed by atoms with E-state index in [0.29, 0.717) is 44.5 Å².